The minimum absolute atomic E-state index is 0.0255. The van der Waals surface area contributed by atoms with Crippen LogP contribution in [0.2, 0.25) is 0 Å². The third-order valence-corrected chi connectivity index (χ3v) is 3.91. The van der Waals surface area contributed by atoms with E-state index in [1.165, 1.54) is 19.4 Å². The molecule has 21 heavy (non-hydrogen) atoms. The summed E-state index contributed by atoms with van der Waals surface area (Å²) in [6.07, 6.45) is 2.80. The molecule has 2 unspecified atom stereocenters. The highest BCUT2D eigenvalue weighted by Crippen LogP contribution is 2.33. The molecule has 2 fully saturated rings. The zero-order valence-electron chi connectivity index (χ0n) is 12.4. The van der Waals surface area contributed by atoms with Crippen LogP contribution < -0.4 is 14.8 Å². The maximum Gasteiger partial charge on any atom is 0.257 e. The van der Waals surface area contributed by atoms with Gasteiger partial charge in [-0.2, -0.15) is 0 Å². The number of hydrogen-bond donors (Lipinski definition) is 1. The van der Waals surface area contributed by atoms with E-state index >= 15 is 0 Å². The van der Waals surface area contributed by atoms with E-state index in [0.29, 0.717) is 11.8 Å². The molecule has 0 bridgehead atoms. The molecule has 0 spiro atoms. The first kappa shape index (κ1) is 14.2. The first-order valence-electron chi connectivity index (χ1n) is 7.55. The van der Waals surface area contributed by atoms with Crippen LogP contribution in [0.5, 0.6) is 11.5 Å². The fourth-order valence-corrected chi connectivity index (χ4v) is 2.30. The highest BCUT2D eigenvalue weighted by molar-refractivity contribution is 5.77. The minimum Gasteiger partial charge on any atom is -0.492 e. The average Bonchev–Trinajstić information content (AvgIpc) is 3.42. The second-order valence-corrected chi connectivity index (χ2v) is 5.80. The summed E-state index contributed by atoms with van der Waals surface area (Å²) in [5.41, 5.74) is 0. The van der Waals surface area contributed by atoms with Crippen LogP contribution in [0, 0.1) is 5.92 Å². The van der Waals surface area contributed by atoms with Gasteiger partial charge in [0.15, 0.2) is 6.61 Å². The maximum absolute atomic E-state index is 11.1. The Morgan fingerprint density at radius 2 is 2.10 bits per heavy atom. The molecule has 1 heterocycles. The molecule has 1 N–H and O–H groups in total. The number of carbonyl (C=O) groups excluding carboxylic acids is 1. The molecule has 1 saturated carbocycles. The molecule has 1 aromatic carbocycles. The topological polar surface area (TPSA) is 50.6 Å². The summed E-state index contributed by atoms with van der Waals surface area (Å²) in [6.45, 7) is 3.15. The van der Waals surface area contributed by atoms with E-state index in [9.17, 15) is 4.79 Å². The lowest BCUT2D eigenvalue weighted by Crippen LogP contribution is -2.24. The quantitative estimate of drug-likeness (QED) is 0.733. The molecule has 5 nitrogen and oxygen atoms in total. The van der Waals surface area contributed by atoms with Gasteiger partial charge in [-0.15, -0.1) is 0 Å². The molecular formula is C16H22N2O3. The first-order chi connectivity index (χ1) is 10.2. The fraction of sp³-hybridized carbons (Fsp3) is 0.562. The van der Waals surface area contributed by atoms with Crippen LogP contribution in [0.15, 0.2) is 24.3 Å². The number of carbonyl (C=O) groups is 1. The summed E-state index contributed by atoms with van der Waals surface area (Å²) >= 11 is 0. The zero-order valence-corrected chi connectivity index (χ0v) is 12.4. The molecular weight excluding hydrogens is 268 g/mol. The van der Waals surface area contributed by atoms with Gasteiger partial charge >= 0.3 is 0 Å². The van der Waals surface area contributed by atoms with Crippen LogP contribution in [-0.2, 0) is 4.79 Å². The predicted molar refractivity (Wildman–Crippen MR) is 79.6 cm³/mol. The molecule has 1 aliphatic heterocycles. The van der Waals surface area contributed by atoms with Crippen LogP contribution in [0.3, 0.4) is 0 Å². The molecule has 2 atom stereocenters. The molecule has 0 radical (unpaired) electrons. The van der Waals surface area contributed by atoms with E-state index in [2.05, 4.69) is 10.2 Å². The van der Waals surface area contributed by atoms with Crippen molar-refractivity contribution in [1.82, 2.24) is 10.2 Å². The number of nitrogens with zero attached hydrogens (tertiary/aromatic N) is 1. The Labute approximate surface area is 125 Å². The summed E-state index contributed by atoms with van der Waals surface area (Å²) in [4.78, 5) is 13.6. The number of benzene rings is 1. The number of likely N-dealkylation sites (N-methyl/N-ethyl adjacent to an activating group) is 1. The predicted octanol–water partition coefficient (Wildman–Crippen LogP) is 1.28. The van der Waals surface area contributed by atoms with E-state index in [1.807, 2.05) is 24.3 Å². The van der Waals surface area contributed by atoms with E-state index in [0.717, 1.165) is 24.8 Å². The standard InChI is InChI=1S/C16H22N2O3/c1-17-16(19)11-21-15-4-2-3-14(7-15)20-10-13-9-18(13)8-12-5-6-12/h2-4,7,12-13H,5-6,8-11H2,1H3,(H,17,19). The summed E-state index contributed by atoms with van der Waals surface area (Å²) in [5, 5.41) is 2.52. The van der Waals surface area contributed by atoms with Crippen molar-refractivity contribution >= 4 is 5.91 Å². The Hall–Kier alpha value is -1.75. The Bertz CT molecular complexity index is 502. The maximum atomic E-state index is 11.1. The van der Waals surface area contributed by atoms with Crippen LogP contribution >= 0.6 is 0 Å². The lowest BCUT2D eigenvalue weighted by Gasteiger charge is -2.09. The normalized spacial score (nSPS) is 23.5. The third kappa shape index (κ3) is 4.36. The summed E-state index contributed by atoms with van der Waals surface area (Å²) in [6, 6.07) is 8.02. The van der Waals surface area contributed by atoms with Gasteiger partial charge in [-0.05, 0) is 30.9 Å². The van der Waals surface area contributed by atoms with Gasteiger partial charge in [0, 0.05) is 26.2 Å². The Morgan fingerprint density at radius 3 is 2.81 bits per heavy atom. The van der Waals surface area contributed by atoms with E-state index in [1.54, 1.807) is 7.05 Å². The Morgan fingerprint density at radius 1 is 1.33 bits per heavy atom. The van der Waals surface area contributed by atoms with Crippen molar-refractivity contribution in [3.63, 3.8) is 0 Å². The number of amides is 1. The molecule has 2 aliphatic rings. The van der Waals surface area contributed by atoms with Crippen LogP contribution in [0.4, 0.5) is 0 Å². The van der Waals surface area contributed by atoms with Crippen LogP contribution in [0.25, 0.3) is 0 Å². The van der Waals surface area contributed by atoms with Crippen molar-refractivity contribution in [2.45, 2.75) is 18.9 Å². The molecule has 114 valence electrons. The molecule has 1 aliphatic carbocycles. The second-order valence-electron chi connectivity index (χ2n) is 5.80. The average molecular weight is 290 g/mol. The largest absolute Gasteiger partial charge is 0.492 e. The number of ether oxygens (including phenoxy) is 2. The number of hydrogen-bond acceptors (Lipinski definition) is 4. The lowest BCUT2D eigenvalue weighted by atomic mass is 10.3. The van der Waals surface area contributed by atoms with Gasteiger partial charge in [-0.1, -0.05) is 6.07 Å². The Balaban J connectivity index is 1.41. The van der Waals surface area contributed by atoms with Crippen molar-refractivity contribution in [2.75, 3.05) is 33.4 Å². The molecule has 1 amide bonds. The van der Waals surface area contributed by atoms with Gasteiger partial charge in [0.1, 0.15) is 18.1 Å². The fourth-order valence-electron chi connectivity index (χ4n) is 2.30. The first-order valence-corrected chi connectivity index (χ1v) is 7.55. The number of nitrogens with one attached hydrogen (secondary N) is 1. The second kappa shape index (κ2) is 6.35. The molecule has 5 heteroatoms. The van der Waals surface area contributed by atoms with E-state index in [4.69, 9.17) is 9.47 Å². The van der Waals surface area contributed by atoms with E-state index in [-0.39, 0.29) is 12.5 Å². The minimum atomic E-state index is -0.144. The van der Waals surface area contributed by atoms with Crippen molar-refractivity contribution in [3.05, 3.63) is 24.3 Å². The van der Waals surface area contributed by atoms with Crippen molar-refractivity contribution < 1.29 is 14.3 Å². The molecule has 0 aromatic heterocycles. The summed E-state index contributed by atoms with van der Waals surface area (Å²) in [5.74, 6) is 2.25. The highest BCUT2D eigenvalue weighted by Gasteiger charge is 2.38. The van der Waals surface area contributed by atoms with Gasteiger partial charge in [0.25, 0.3) is 5.91 Å². The van der Waals surface area contributed by atoms with Gasteiger partial charge in [0.05, 0.1) is 6.04 Å². The lowest BCUT2D eigenvalue weighted by molar-refractivity contribution is -0.122. The summed E-state index contributed by atoms with van der Waals surface area (Å²) < 4.78 is 11.2. The smallest absolute Gasteiger partial charge is 0.257 e. The van der Waals surface area contributed by atoms with Crippen molar-refractivity contribution in [2.24, 2.45) is 5.92 Å². The molecule has 1 saturated heterocycles. The van der Waals surface area contributed by atoms with E-state index < -0.39 is 0 Å². The van der Waals surface area contributed by atoms with Gasteiger partial charge in [-0.25, -0.2) is 0 Å². The van der Waals surface area contributed by atoms with Crippen LogP contribution in [0.1, 0.15) is 12.8 Å². The summed E-state index contributed by atoms with van der Waals surface area (Å²) in [7, 11) is 1.59. The molecule has 1 aromatic rings. The monoisotopic (exact) mass is 290 g/mol. The highest BCUT2D eigenvalue weighted by atomic mass is 16.5. The SMILES string of the molecule is CNC(=O)COc1cccc(OCC2CN2CC2CC2)c1. The van der Waals surface area contributed by atoms with Gasteiger partial charge in [0.2, 0.25) is 0 Å². The van der Waals surface area contributed by atoms with Gasteiger partial charge < -0.3 is 14.8 Å². The number of rotatable bonds is 8. The van der Waals surface area contributed by atoms with Gasteiger partial charge in [-0.3, -0.25) is 9.69 Å². The van der Waals surface area contributed by atoms with Crippen molar-refractivity contribution in [1.29, 1.82) is 0 Å². The molecule has 3 rings (SSSR count). The Kier molecular flexibility index (Phi) is 4.29. The van der Waals surface area contributed by atoms with Crippen molar-refractivity contribution in [3.8, 4) is 11.5 Å². The van der Waals surface area contributed by atoms with Crippen LogP contribution in [-0.4, -0.2) is 50.2 Å². The zero-order chi connectivity index (χ0) is 14.7. The third-order valence-electron chi connectivity index (χ3n) is 3.91.